The van der Waals surface area contributed by atoms with Crippen molar-refractivity contribution in [3.63, 3.8) is 0 Å². The van der Waals surface area contributed by atoms with Crippen LogP contribution in [0.15, 0.2) is 0 Å². The maximum Gasteiger partial charge on any atom is 0.376 e. The van der Waals surface area contributed by atoms with Crippen LogP contribution in [0.5, 0.6) is 0 Å². The van der Waals surface area contributed by atoms with Crippen LogP contribution in [0.25, 0.3) is 0 Å². The molecule has 0 bridgehead atoms. The van der Waals surface area contributed by atoms with Crippen molar-refractivity contribution in [2.75, 3.05) is 26.2 Å². The lowest BCUT2D eigenvalue weighted by Gasteiger charge is -2.41. The van der Waals surface area contributed by atoms with Gasteiger partial charge in [-0.25, -0.2) is 0 Å². The number of hydrogen-bond acceptors (Lipinski definition) is 3. The third-order valence-corrected chi connectivity index (χ3v) is 3.86. The van der Waals surface area contributed by atoms with Gasteiger partial charge in [-0.05, 0) is 52.1 Å². The van der Waals surface area contributed by atoms with Crippen molar-refractivity contribution < 1.29 is 5.02 Å². The van der Waals surface area contributed by atoms with Gasteiger partial charge in [-0.15, -0.1) is 0 Å². The number of likely N-dealkylation sites (tertiary alicyclic amines) is 1. The molecule has 0 aromatic heterocycles. The van der Waals surface area contributed by atoms with Gasteiger partial charge >= 0.3 is 7.05 Å². The molecule has 2 rings (SSSR count). The quantitative estimate of drug-likeness (QED) is 0.690. The van der Waals surface area contributed by atoms with Gasteiger partial charge in [0, 0.05) is 12.6 Å². The third kappa shape index (κ3) is 2.96. The Morgan fingerprint density at radius 1 is 1.07 bits per heavy atom. The largest absolute Gasteiger partial charge is 0.437 e. The van der Waals surface area contributed by atoms with E-state index in [0.717, 1.165) is 13.1 Å². The summed E-state index contributed by atoms with van der Waals surface area (Å²) in [5.74, 6) is 0. The van der Waals surface area contributed by atoms with Crippen LogP contribution in [0.3, 0.4) is 0 Å². The van der Waals surface area contributed by atoms with Gasteiger partial charge in [-0.1, -0.05) is 6.42 Å². The van der Waals surface area contributed by atoms with Crippen LogP contribution in [0.2, 0.25) is 6.82 Å². The highest BCUT2D eigenvalue weighted by Gasteiger charge is 2.28. The van der Waals surface area contributed by atoms with E-state index in [1.54, 1.807) is 0 Å². The SMILES string of the molecule is CB(O)N1CCC[C@H](N2CCCCC2)C1. The van der Waals surface area contributed by atoms with Crippen molar-refractivity contribution in [1.82, 2.24) is 9.71 Å². The van der Waals surface area contributed by atoms with Crippen LogP contribution in [-0.2, 0) is 0 Å². The Bertz CT molecular complexity index is 195. The lowest BCUT2D eigenvalue weighted by Crippen LogP contribution is -2.53. The van der Waals surface area contributed by atoms with Crippen LogP contribution in [-0.4, -0.2) is 54.0 Å². The molecule has 2 saturated heterocycles. The minimum absolute atomic E-state index is 0.266. The first-order valence-electron chi connectivity index (χ1n) is 6.43. The molecule has 0 unspecified atom stereocenters. The van der Waals surface area contributed by atoms with E-state index >= 15 is 0 Å². The van der Waals surface area contributed by atoms with Gasteiger partial charge < -0.3 is 9.83 Å². The first-order chi connectivity index (χ1) is 7.27. The molecule has 0 amide bonds. The van der Waals surface area contributed by atoms with Gasteiger partial charge in [0.1, 0.15) is 0 Å². The van der Waals surface area contributed by atoms with Crippen molar-refractivity contribution >= 4 is 7.05 Å². The van der Waals surface area contributed by atoms with Gasteiger partial charge in [0.2, 0.25) is 0 Å². The molecular formula is C11H23BN2O. The van der Waals surface area contributed by atoms with E-state index in [2.05, 4.69) is 9.71 Å². The van der Waals surface area contributed by atoms with E-state index in [-0.39, 0.29) is 7.05 Å². The van der Waals surface area contributed by atoms with E-state index in [4.69, 9.17) is 0 Å². The Kier molecular flexibility index (Phi) is 4.06. The molecule has 2 aliphatic rings. The first-order valence-corrected chi connectivity index (χ1v) is 6.43. The molecule has 2 fully saturated rings. The maximum atomic E-state index is 9.60. The number of rotatable bonds is 2. The highest BCUT2D eigenvalue weighted by atomic mass is 16.2. The van der Waals surface area contributed by atoms with Crippen molar-refractivity contribution in [2.24, 2.45) is 0 Å². The van der Waals surface area contributed by atoms with E-state index in [1.807, 2.05) is 6.82 Å². The van der Waals surface area contributed by atoms with Crippen LogP contribution in [0.1, 0.15) is 32.1 Å². The Morgan fingerprint density at radius 3 is 2.47 bits per heavy atom. The summed E-state index contributed by atoms with van der Waals surface area (Å²) in [6, 6.07) is 0.702. The Balaban J connectivity index is 1.85. The summed E-state index contributed by atoms with van der Waals surface area (Å²) in [6.45, 7) is 6.58. The second-order valence-electron chi connectivity index (χ2n) is 5.02. The average molecular weight is 210 g/mol. The summed E-state index contributed by atoms with van der Waals surface area (Å²) >= 11 is 0. The van der Waals surface area contributed by atoms with Crippen LogP contribution < -0.4 is 0 Å². The molecule has 3 nitrogen and oxygen atoms in total. The minimum atomic E-state index is -0.266. The number of piperidine rings is 2. The molecule has 15 heavy (non-hydrogen) atoms. The zero-order valence-corrected chi connectivity index (χ0v) is 9.86. The predicted octanol–water partition coefficient (Wildman–Crippen LogP) is 1.05. The van der Waals surface area contributed by atoms with Crippen molar-refractivity contribution in [1.29, 1.82) is 0 Å². The highest BCUT2D eigenvalue weighted by Crippen LogP contribution is 2.20. The zero-order valence-electron chi connectivity index (χ0n) is 9.86. The molecule has 0 aromatic carbocycles. The third-order valence-electron chi connectivity index (χ3n) is 3.86. The molecule has 1 atom stereocenters. The molecule has 86 valence electrons. The fraction of sp³-hybridized carbons (Fsp3) is 1.00. The lowest BCUT2D eigenvalue weighted by molar-refractivity contribution is 0.108. The Labute approximate surface area is 93.6 Å². The smallest absolute Gasteiger partial charge is 0.376 e. The molecule has 0 saturated carbocycles. The monoisotopic (exact) mass is 210 g/mol. The normalized spacial score (nSPS) is 30.4. The molecule has 0 aliphatic carbocycles. The van der Waals surface area contributed by atoms with Gasteiger partial charge in [-0.2, -0.15) is 0 Å². The van der Waals surface area contributed by atoms with Crippen molar-refractivity contribution in [2.45, 2.75) is 45.0 Å². The highest BCUT2D eigenvalue weighted by molar-refractivity contribution is 6.45. The van der Waals surface area contributed by atoms with Crippen LogP contribution >= 0.6 is 0 Å². The van der Waals surface area contributed by atoms with E-state index in [1.165, 1.54) is 45.2 Å². The summed E-state index contributed by atoms with van der Waals surface area (Å²) in [6.07, 6.45) is 6.70. The fourth-order valence-electron chi connectivity index (χ4n) is 2.90. The summed E-state index contributed by atoms with van der Waals surface area (Å²) < 4.78 is 0. The fourth-order valence-corrected chi connectivity index (χ4v) is 2.90. The van der Waals surface area contributed by atoms with Crippen LogP contribution in [0, 0.1) is 0 Å². The summed E-state index contributed by atoms with van der Waals surface area (Å²) in [4.78, 5) is 4.85. The number of hydrogen-bond donors (Lipinski definition) is 1. The summed E-state index contributed by atoms with van der Waals surface area (Å²) in [5, 5.41) is 9.60. The molecule has 1 N–H and O–H groups in total. The second kappa shape index (κ2) is 5.33. The van der Waals surface area contributed by atoms with E-state index < -0.39 is 0 Å². The molecule has 0 aromatic rings. The van der Waals surface area contributed by atoms with E-state index in [9.17, 15) is 5.02 Å². The Morgan fingerprint density at radius 2 is 1.80 bits per heavy atom. The van der Waals surface area contributed by atoms with Gasteiger partial charge in [0.25, 0.3) is 0 Å². The van der Waals surface area contributed by atoms with Gasteiger partial charge in [0.05, 0.1) is 0 Å². The maximum absolute atomic E-state index is 9.60. The summed E-state index contributed by atoms with van der Waals surface area (Å²) in [7, 11) is -0.266. The first kappa shape index (κ1) is 11.4. The summed E-state index contributed by atoms with van der Waals surface area (Å²) in [5.41, 5.74) is 0. The zero-order chi connectivity index (χ0) is 10.7. The van der Waals surface area contributed by atoms with E-state index in [0.29, 0.717) is 6.04 Å². The van der Waals surface area contributed by atoms with Gasteiger partial charge in [-0.3, -0.25) is 4.90 Å². The topological polar surface area (TPSA) is 26.7 Å². The van der Waals surface area contributed by atoms with Crippen LogP contribution in [0.4, 0.5) is 0 Å². The molecule has 2 heterocycles. The molecule has 0 spiro atoms. The standard InChI is InChI=1S/C11H23BN2O/c1-12(15)14-9-5-6-11(10-14)13-7-3-2-4-8-13/h11,15H,2-10H2,1H3/t11-/m0/s1. The second-order valence-corrected chi connectivity index (χ2v) is 5.02. The lowest BCUT2D eigenvalue weighted by atomic mass is 9.82. The van der Waals surface area contributed by atoms with Crippen molar-refractivity contribution in [3.8, 4) is 0 Å². The molecule has 0 radical (unpaired) electrons. The average Bonchev–Trinajstić information content (AvgIpc) is 2.30. The van der Waals surface area contributed by atoms with Crippen molar-refractivity contribution in [3.05, 3.63) is 0 Å². The molecule has 4 heteroatoms. The minimum Gasteiger partial charge on any atom is -0.437 e. The Hall–Kier alpha value is -0.0551. The predicted molar refractivity (Wildman–Crippen MR) is 63.9 cm³/mol. The van der Waals surface area contributed by atoms with Gasteiger partial charge in [0.15, 0.2) is 0 Å². The molecular weight excluding hydrogens is 187 g/mol. The number of nitrogens with zero attached hydrogens (tertiary/aromatic N) is 2. The molecule has 2 aliphatic heterocycles.